The van der Waals surface area contributed by atoms with Gasteiger partial charge in [0.1, 0.15) is 5.75 Å². The third kappa shape index (κ3) is 2.17. The molecule has 108 valence electrons. The van der Waals surface area contributed by atoms with Gasteiger partial charge in [0.15, 0.2) is 0 Å². The van der Waals surface area contributed by atoms with Crippen LogP contribution in [-0.2, 0) is 12.8 Å². The summed E-state index contributed by atoms with van der Waals surface area (Å²) in [5.41, 5.74) is 5.02. The second-order valence-corrected chi connectivity index (χ2v) is 5.61. The van der Waals surface area contributed by atoms with E-state index in [-0.39, 0.29) is 0 Å². The number of hydrogen-bond donors (Lipinski definition) is 0. The van der Waals surface area contributed by atoms with Gasteiger partial charge in [-0.15, -0.1) is 0 Å². The molecule has 0 fully saturated rings. The van der Waals surface area contributed by atoms with Gasteiger partial charge in [0.2, 0.25) is 0 Å². The lowest BCUT2D eigenvalue weighted by Gasteiger charge is -2.05. The van der Waals surface area contributed by atoms with Crippen LogP contribution in [0.5, 0.6) is 5.75 Å². The molecule has 1 aliphatic carbocycles. The lowest BCUT2D eigenvalue weighted by molar-refractivity contribution is 0.415. The number of aliphatic imine (C=N–C) groups is 1. The lowest BCUT2D eigenvalue weighted by atomic mass is 10.0. The summed E-state index contributed by atoms with van der Waals surface area (Å²) < 4.78 is 5.18. The highest BCUT2D eigenvalue weighted by atomic mass is 16.5. The van der Waals surface area contributed by atoms with Crippen LogP contribution in [0.1, 0.15) is 16.7 Å². The van der Waals surface area contributed by atoms with Crippen molar-refractivity contribution in [1.29, 1.82) is 0 Å². The summed E-state index contributed by atoms with van der Waals surface area (Å²) in [5.74, 6) is 0.863. The van der Waals surface area contributed by atoms with Gasteiger partial charge < -0.3 is 4.74 Å². The van der Waals surface area contributed by atoms with E-state index >= 15 is 0 Å². The molecule has 3 aromatic carbocycles. The summed E-state index contributed by atoms with van der Waals surface area (Å²) in [6.07, 6.45) is 4.22. The summed E-state index contributed by atoms with van der Waals surface area (Å²) in [6, 6.07) is 18.8. The highest BCUT2D eigenvalue weighted by Gasteiger charge is 2.15. The first-order chi connectivity index (χ1) is 10.8. The largest absolute Gasteiger partial charge is 0.497 e. The smallest absolute Gasteiger partial charge is 0.118 e. The van der Waals surface area contributed by atoms with Crippen LogP contribution in [0.25, 0.3) is 10.8 Å². The molecule has 0 unspecified atom stereocenters. The maximum atomic E-state index is 5.18. The fourth-order valence-corrected chi connectivity index (χ4v) is 3.18. The summed E-state index contributed by atoms with van der Waals surface area (Å²) in [6.45, 7) is 0. The van der Waals surface area contributed by atoms with Gasteiger partial charge in [-0.05, 0) is 65.3 Å². The van der Waals surface area contributed by atoms with Gasteiger partial charge in [0.05, 0.1) is 12.8 Å². The minimum absolute atomic E-state index is 0.863. The molecule has 3 aromatic rings. The van der Waals surface area contributed by atoms with Crippen molar-refractivity contribution in [3.63, 3.8) is 0 Å². The van der Waals surface area contributed by atoms with E-state index in [1.54, 1.807) is 7.11 Å². The molecule has 1 aliphatic rings. The fraction of sp³-hybridized carbons (Fsp3) is 0.150. The molecule has 2 heteroatoms. The highest BCUT2D eigenvalue weighted by Crippen LogP contribution is 2.36. The molecule has 4 rings (SSSR count). The Hall–Kier alpha value is -2.61. The maximum absolute atomic E-state index is 5.18. The van der Waals surface area contributed by atoms with Crippen LogP contribution in [0.3, 0.4) is 0 Å². The van der Waals surface area contributed by atoms with E-state index in [1.165, 1.54) is 21.9 Å². The monoisotopic (exact) mass is 287 g/mol. The molecule has 0 aliphatic heterocycles. The predicted octanol–water partition coefficient (Wildman–Crippen LogP) is 4.70. The molecule has 0 radical (unpaired) electrons. The second kappa shape index (κ2) is 5.30. The van der Waals surface area contributed by atoms with Crippen LogP contribution in [0.15, 0.2) is 59.6 Å². The first-order valence-corrected chi connectivity index (χ1v) is 7.57. The number of hydrogen-bond acceptors (Lipinski definition) is 2. The van der Waals surface area contributed by atoms with Crippen molar-refractivity contribution in [3.8, 4) is 5.75 Å². The standard InChI is InChI=1S/C20H17NO/c1-22-17-10-5-14(6-11-17)13-21-19-12-9-16-8-7-15-3-2-4-18(19)20(15)16/h2-6,9-13H,7-8H2,1H3. The van der Waals surface area contributed by atoms with Crippen molar-refractivity contribution in [3.05, 3.63) is 71.3 Å². The molecule has 0 saturated heterocycles. The Balaban J connectivity index is 1.74. The zero-order valence-corrected chi connectivity index (χ0v) is 12.5. The van der Waals surface area contributed by atoms with Crippen LogP contribution in [0, 0.1) is 0 Å². The summed E-state index contributed by atoms with van der Waals surface area (Å²) >= 11 is 0. The number of ether oxygens (including phenoxy) is 1. The lowest BCUT2D eigenvalue weighted by Crippen LogP contribution is -1.85. The Morgan fingerprint density at radius 3 is 2.45 bits per heavy atom. The van der Waals surface area contributed by atoms with Gasteiger partial charge in [-0.3, -0.25) is 4.99 Å². The van der Waals surface area contributed by atoms with Crippen LogP contribution >= 0.6 is 0 Å². The summed E-state index contributed by atoms with van der Waals surface area (Å²) in [4.78, 5) is 4.70. The summed E-state index contributed by atoms with van der Waals surface area (Å²) in [5, 5.41) is 2.67. The van der Waals surface area contributed by atoms with Gasteiger partial charge in [-0.1, -0.05) is 24.3 Å². The van der Waals surface area contributed by atoms with E-state index in [0.717, 1.165) is 29.8 Å². The van der Waals surface area contributed by atoms with Crippen molar-refractivity contribution >= 4 is 22.7 Å². The molecule has 0 saturated carbocycles. The molecule has 0 spiro atoms. The minimum Gasteiger partial charge on any atom is -0.497 e. The molecular weight excluding hydrogens is 270 g/mol. The van der Waals surface area contributed by atoms with Crippen LogP contribution in [-0.4, -0.2) is 13.3 Å². The molecular formula is C20H17NO. The summed E-state index contributed by atoms with van der Waals surface area (Å²) in [7, 11) is 1.68. The zero-order valence-electron chi connectivity index (χ0n) is 12.5. The van der Waals surface area contributed by atoms with Crippen LogP contribution < -0.4 is 4.74 Å². The Morgan fingerprint density at radius 2 is 1.68 bits per heavy atom. The van der Waals surface area contributed by atoms with E-state index in [0.29, 0.717) is 0 Å². The molecule has 0 amide bonds. The van der Waals surface area contributed by atoms with E-state index in [1.807, 2.05) is 30.5 Å². The maximum Gasteiger partial charge on any atom is 0.118 e. The molecule has 2 nitrogen and oxygen atoms in total. The van der Waals surface area contributed by atoms with Gasteiger partial charge in [-0.25, -0.2) is 0 Å². The van der Waals surface area contributed by atoms with Gasteiger partial charge in [0.25, 0.3) is 0 Å². The Bertz CT molecular complexity index is 853. The van der Waals surface area contributed by atoms with Crippen molar-refractivity contribution in [2.45, 2.75) is 12.8 Å². The molecule has 0 N–H and O–H groups in total. The fourth-order valence-electron chi connectivity index (χ4n) is 3.18. The highest BCUT2D eigenvalue weighted by molar-refractivity contribution is 6.00. The number of methoxy groups -OCH3 is 1. The SMILES string of the molecule is COc1ccc(C=Nc2ccc3c4c(cccc24)CC3)cc1. The van der Waals surface area contributed by atoms with Crippen LogP contribution in [0.4, 0.5) is 5.69 Å². The van der Waals surface area contributed by atoms with E-state index < -0.39 is 0 Å². The first kappa shape index (κ1) is 13.1. The van der Waals surface area contributed by atoms with E-state index in [9.17, 15) is 0 Å². The van der Waals surface area contributed by atoms with Crippen LogP contribution in [0.2, 0.25) is 0 Å². The Kier molecular flexibility index (Phi) is 3.15. The molecule has 0 heterocycles. The normalized spacial score (nSPS) is 13.1. The predicted molar refractivity (Wildman–Crippen MR) is 91.6 cm³/mol. The second-order valence-electron chi connectivity index (χ2n) is 5.61. The number of rotatable bonds is 3. The van der Waals surface area contributed by atoms with Gasteiger partial charge in [0, 0.05) is 11.6 Å². The van der Waals surface area contributed by atoms with Crippen molar-refractivity contribution in [2.75, 3.05) is 7.11 Å². The van der Waals surface area contributed by atoms with Gasteiger partial charge >= 0.3 is 0 Å². The number of aryl methyl sites for hydroxylation is 2. The topological polar surface area (TPSA) is 21.6 Å². The molecule has 0 aromatic heterocycles. The number of nitrogens with zero attached hydrogens (tertiary/aromatic N) is 1. The van der Waals surface area contributed by atoms with E-state index in [2.05, 4.69) is 30.3 Å². The molecule has 0 bridgehead atoms. The Morgan fingerprint density at radius 1 is 0.909 bits per heavy atom. The van der Waals surface area contributed by atoms with Gasteiger partial charge in [-0.2, -0.15) is 0 Å². The third-order valence-corrected chi connectivity index (χ3v) is 4.32. The average molecular weight is 287 g/mol. The third-order valence-electron chi connectivity index (χ3n) is 4.32. The van der Waals surface area contributed by atoms with E-state index in [4.69, 9.17) is 9.73 Å². The van der Waals surface area contributed by atoms with Crippen molar-refractivity contribution in [2.24, 2.45) is 4.99 Å². The van der Waals surface area contributed by atoms with Crippen molar-refractivity contribution < 1.29 is 4.74 Å². The average Bonchev–Trinajstić information content (AvgIpc) is 3.00. The molecule has 0 atom stereocenters. The Labute approximate surface area is 130 Å². The zero-order chi connectivity index (χ0) is 14.9. The number of benzene rings is 3. The first-order valence-electron chi connectivity index (χ1n) is 7.57. The molecule has 22 heavy (non-hydrogen) atoms. The van der Waals surface area contributed by atoms with Crippen molar-refractivity contribution in [1.82, 2.24) is 0 Å². The minimum atomic E-state index is 0.863. The quantitative estimate of drug-likeness (QED) is 0.640.